The Morgan fingerprint density at radius 3 is 2.50 bits per heavy atom. The number of nitrogens with zero attached hydrogens (tertiary/aromatic N) is 3. The molecule has 0 spiro atoms. The Balaban J connectivity index is 1.29. The van der Waals surface area contributed by atoms with Crippen LogP contribution in [0.1, 0.15) is 44.1 Å². The number of rotatable bonds is 4. The van der Waals surface area contributed by atoms with Crippen molar-refractivity contribution in [2.24, 2.45) is 0 Å². The lowest BCUT2D eigenvalue weighted by Gasteiger charge is -2.27. The summed E-state index contributed by atoms with van der Waals surface area (Å²) in [5, 5.41) is 3.20. The molecule has 1 N–H and O–H groups in total. The zero-order valence-corrected chi connectivity index (χ0v) is 16.7. The molecule has 6 heteroatoms. The van der Waals surface area contributed by atoms with Gasteiger partial charge >= 0.3 is 6.03 Å². The second kappa shape index (κ2) is 8.95. The van der Waals surface area contributed by atoms with Crippen molar-refractivity contribution in [2.45, 2.75) is 57.2 Å². The van der Waals surface area contributed by atoms with E-state index in [1.807, 2.05) is 28.0 Å². The van der Waals surface area contributed by atoms with Gasteiger partial charge in [-0.2, -0.15) is 0 Å². The highest BCUT2D eigenvalue weighted by Gasteiger charge is 2.36. The minimum atomic E-state index is -0.0263. The van der Waals surface area contributed by atoms with Gasteiger partial charge in [0.1, 0.15) is 0 Å². The highest BCUT2D eigenvalue weighted by atomic mass is 16.2. The Bertz CT molecular complexity index is 674. The summed E-state index contributed by atoms with van der Waals surface area (Å²) in [5.74, 6) is 0.243. The molecule has 2 heterocycles. The number of urea groups is 1. The minimum absolute atomic E-state index is 0.0263. The van der Waals surface area contributed by atoms with Crippen LogP contribution in [0.5, 0.6) is 0 Å². The molecule has 1 aromatic rings. The summed E-state index contributed by atoms with van der Waals surface area (Å²) < 4.78 is 0. The lowest BCUT2D eigenvalue weighted by Crippen LogP contribution is -2.47. The van der Waals surface area contributed by atoms with Gasteiger partial charge in [-0.15, -0.1) is 0 Å². The number of benzene rings is 1. The van der Waals surface area contributed by atoms with Gasteiger partial charge in [0.2, 0.25) is 5.91 Å². The van der Waals surface area contributed by atoms with Crippen LogP contribution in [0.25, 0.3) is 0 Å². The standard InChI is InChI=1S/C22H32N4O2/c27-21-20(11-14-26(21)17-18-7-2-1-3-8-18)24-12-6-13-25(16-15-24)22(28)23-19-9-4-5-10-19/h1-3,7-8,19-20H,4-6,9-17H2,(H,23,28)/t20-/m1/s1. The van der Waals surface area contributed by atoms with Crippen LogP contribution in [0.4, 0.5) is 4.79 Å². The fourth-order valence-electron chi connectivity index (χ4n) is 4.81. The lowest BCUT2D eigenvalue weighted by atomic mass is 10.2. The number of amides is 3. The van der Waals surface area contributed by atoms with Crippen molar-refractivity contribution in [1.29, 1.82) is 0 Å². The van der Waals surface area contributed by atoms with Gasteiger partial charge in [-0.25, -0.2) is 4.79 Å². The summed E-state index contributed by atoms with van der Waals surface area (Å²) in [5.41, 5.74) is 1.18. The van der Waals surface area contributed by atoms with Crippen LogP contribution < -0.4 is 5.32 Å². The van der Waals surface area contributed by atoms with Crippen molar-refractivity contribution in [3.8, 4) is 0 Å². The molecule has 1 aromatic carbocycles. The zero-order chi connectivity index (χ0) is 19.3. The van der Waals surface area contributed by atoms with E-state index in [0.29, 0.717) is 19.1 Å². The Labute approximate surface area is 167 Å². The molecular weight excluding hydrogens is 352 g/mol. The van der Waals surface area contributed by atoms with Gasteiger partial charge in [-0.1, -0.05) is 43.2 Å². The van der Waals surface area contributed by atoms with E-state index in [2.05, 4.69) is 22.3 Å². The Hall–Kier alpha value is -2.08. The second-order valence-corrected chi connectivity index (χ2v) is 8.36. The molecule has 6 nitrogen and oxygen atoms in total. The molecule has 0 unspecified atom stereocenters. The fourth-order valence-corrected chi connectivity index (χ4v) is 4.81. The molecule has 3 fully saturated rings. The van der Waals surface area contributed by atoms with E-state index >= 15 is 0 Å². The number of hydrogen-bond acceptors (Lipinski definition) is 3. The maximum atomic E-state index is 13.0. The van der Waals surface area contributed by atoms with E-state index in [9.17, 15) is 9.59 Å². The predicted octanol–water partition coefficient (Wildman–Crippen LogP) is 2.45. The molecule has 3 amide bonds. The Morgan fingerprint density at radius 1 is 0.929 bits per heavy atom. The molecule has 0 radical (unpaired) electrons. The highest BCUT2D eigenvalue weighted by Crippen LogP contribution is 2.22. The van der Waals surface area contributed by atoms with Crippen LogP contribution in [0.2, 0.25) is 0 Å². The SMILES string of the molecule is O=C(NC1CCCC1)N1CCCN([C@@H]2CCN(Cc3ccccc3)C2=O)CC1. The van der Waals surface area contributed by atoms with Crippen LogP contribution in [0.3, 0.4) is 0 Å². The quantitative estimate of drug-likeness (QED) is 0.868. The van der Waals surface area contributed by atoms with Gasteiger partial charge in [0.25, 0.3) is 0 Å². The fraction of sp³-hybridized carbons (Fsp3) is 0.636. The van der Waals surface area contributed by atoms with E-state index in [-0.39, 0.29) is 18.0 Å². The molecule has 2 saturated heterocycles. The van der Waals surface area contributed by atoms with Crippen molar-refractivity contribution >= 4 is 11.9 Å². The van der Waals surface area contributed by atoms with E-state index in [1.54, 1.807) is 0 Å². The molecule has 0 aromatic heterocycles. The molecule has 4 rings (SSSR count). The smallest absolute Gasteiger partial charge is 0.317 e. The molecule has 3 aliphatic rings. The summed E-state index contributed by atoms with van der Waals surface area (Å²) in [6.45, 7) is 4.68. The van der Waals surface area contributed by atoms with Crippen molar-refractivity contribution in [3.63, 3.8) is 0 Å². The Morgan fingerprint density at radius 2 is 1.71 bits per heavy atom. The average molecular weight is 385 g/mol. The summed E-state index contributed by atoms with van der Waals surface area (Å²) in [6, 6.07) is 10.6. The van der Waals surface area contributed by atoms with Crippen molar-refractivity contribution in [3.05, 3.63) is 35.9 Å². The number of nitrogens with one attached hydrogen (secondary N) is 1. The third-order valence-electron chi connectivity index (χ3n) is 6.43. The molecule has 1 atom stereocenters. The van der Waals surface area contributed by atoms with Crippen LogP contribution in [0, 0.1) is 0 Å². The molecule has 152 valence electrons. The highest BCUT2D eigenvalue weighted by molar-refractivity contribution is 5.84. The predicted molar refractivity (Wildman–Crippen MR) is 109 cm³/mol. The monoisotopic (exact) mass is 384 g/mol. The minimum Gasteiger partial charge on any atom is -0.337 e. The van der Waals surface area contributed by atoms with Crippen LogP contribution in [-0.2, 0) is 11.3 Å². The third kappa shape index (κ3) is 4.49. The van der Waals surface area contributed by atoms with Crippen LogP contribution in [-0.4, -0.2) is 71.4 Å². The third-order valence-corrected chi connectivity index (χ3v) is 6.43. The summed E-state index contributed by atoms with van der Waals surface area (Å²) >= 11 is 0. The van der Waals surface area contributed by atoms with E-state index in [4.69, 9.17) is 0 Å². The molecule has 0 bridgehead atoms. The number of likely N-dealkylation sites (tertiary alicyclic amines) is 1. The molecule has 1 aliphatic carbocycles. The van der Waals surface area contributed by atoms with Gasteiger partial charge in [0.05, 0.1) is 6.04 Å². The molecule has 1 saturated carbocycles. The summed E-state index contributed by atoms with van der Waals surface area (Å²) in [6.07, 6.45) is 6.49. The molecule has 28 heavy (non-hydrogen) atoms. The number of carbonyl (C=O) groups is 2. The topological polar surface area (TPSA) is 55.9 Å². The largest absolute Gasteiger partial charge is 0.337 e. The lowest BCUT2D eigenvalue weighted by molar-refractivity contribution is -0.132. The van der Waals surface area contributed by atoms with Crippen molar-refractivity contribution in [2.75, 3.05) is 32.7 Å². The van der Waals surface area contributed by atoms with Crippen LogP contribution in [0.15, 0.2) is 30.3 Å². The van der Waals surface area contributed by atoms with Crippen LogP contribution >= 0.6 is 0 Å². The maximum absolute atomic E-state index is 13.0. The van der Waals surface area contributed by atoms with Gasteiger partial charge in [-0.05, 0) is 31.2 Å². The van der Waals surface area contributed by atoms with Gasteiger partial charge < -0.3 is 15.1 Å². The molecule has 2 aliphatic heterocycles. The van der Waals surface area contributed by atoms with Gasteiger partial charge in [0.15, 0.2) is 0 Å². The van der Waals surface area contributed by atoms with Crippen molar-refractivity contribution in [1.82, 2.24) is 20.0 Å². The summed E-state index contributed by atoms with van der Waals surface area (Å²) in [4.78, 5) is 31.8. The molecular formula is C22H32N4O2. The second-order valence-electron chi connectivity index (χ2n) is 8.36. The number of carbonyl (C=O) groups excluding carboxylic acids is 2. The van der Waals surface area contributed by atoms with Gasteiger partial charge in [0, 0.05) is 45.3 Å². The first-order valence-corrected chi connectivity index (χ1v) is 10.8. The first kappa shape index (κ1) is 19.2. The summed E-state index contributed by atoms with van der Waals surface area (Å²) in [7, 11) is 0. The van der Waals surface area contributed by atoms with E-state index < -0.39 is 0 Å². The van der Waals surface area contributed by atoms with Crippen molar-refractivity contribution < 1.29 is 9.59 Å². The average Bonchev–Trinajstić information content (AvgIpc) is 3.26. The Kier molecular flexibility index (Phi) is 6.15. The first-order valence-electron chi connectivity index (χ1n) is 10.8. The normalized spacial score (nSPS) is 24.6. The van der Waals surface area contributed by atoms with Gasteiger partial charge in [-0.3, -0.25) is 9.69 Å². The first-order chi connectivity index (χ1) is 13.7. The zero-order valence-electron chi connectivity index (χ0n) is 16.7. The van der Waals surface area contributed by atoms with E-state index in [0.717, 1.165) is 51.9 Å². The number of hydrogen-bond donors (Lipinski definition) is 1. The van der Waals surface area contributed by atoms with E-state index in [1.165, 1.54) is 18.4 Å². The maximum Gasteiger partial charge on any atom is 0.317 e.